The Morgan fingerprint density at radius 3 is 2.67 bits per heavy atom. The van der Waals surface area contributed by atoms with Crippen molar-refractivity contribution in [1.29, 1.82) is 0 Å². The second-order valence-corrected chi connectivity index (χ2v) is 7.41. The molecule has 3 rings (SSSR count). The van der Waals surface area contributed by atoms with Gasteiger partial charge in [0.2, 0.25) is 17.7 Å². The molecule has 3 amide bonds. The third kappa shape index (κ3) is 4.08. The number of thioether (sulfide) groups is 1. The Labute approximate surface area is 145 Å². The molecule has 7 heteroatoms. The lowest BCUT2D eigenvalue weighted by Gasteiger charge is -2.24. The van der Waals surface area contributed by atoms with Crippen LogP contribution in [0.5, 0.6) is 0 Å². The first-order valence-electron chi connectivity index (χ1n) is 8.29. The smallest absolute Gasteiger partial charge is 0.241 e. The van der Waals surface area contributed by atoms with E-state index < -0.39 is 5.25 Å². The van der Waals surface area contributed by atoms with Crippen LogP contribution in [-0.2, 0) is 14.4 Å². The Hall–Kier alpha value is -2.02. The summed E-state index contributed by atoms with van der Waals surface area (Å²) in [6, 6.07) is 7.49. The predicted octanol–water partition coefficient (Wildman–Crippen LogP) is 2.22. The van der Waals surface area contributed by atoms with Gasteiger partial charge in [0, 0.05) is 17.2 Å². The Kier molecular flexibility index (Phi) is 5.40. The predicted molar refractivity (Wildman–Crippen MR) is 92.2 cm³/mol. The second-order valence-electron chi connectivity index (χ2n) is 6.17. The van der Waals surface area contributed by atoms with E-state index in [0.29, 0.717) is 0 Å². The Bertz CT molecular complexity index is 644. The number of para-hydroxylation sites is 1. The van der Waals surface area contributed by atoms with Crippen molar-refractivity contribution in [2.45, 2.75) is 48.7 Å². The molecule has 2 aliphatic rings. The first-order chi connectivity index (χ1) is 11.6. The third-order valence-electron chi connectivity index (χ3n) is 4.38. The molecule has 6 nitrogen and oxygen atoms in total. The highest BCUT2D eigenvalue weighted by Gasteiger charge is 2.29. The van der Waals surface area contributed by atoms with Gasteiger partial charge in [0.15, 0.2) is 0 Å². The number of anilines is 1. The van der Waals surface area contributed by atoms with Gasteiger partial charge in [-0.05, 0) is 25.0 Å². The summed E-state index contributed by atoms with van der Waals surface area (Å²) in [5, 5.41) is 2.31. The van der Waals surface area contributed by atoms with Gasteiger partial charge in [-0.2, -0.15) is 0 Å². The van der Waals surface area contributed by atoms with Crippen LogP contribution in [0.2, 0.25) is 0 Å². The normalized spacial score (nSPS) is 20.7. The maximum Gasteiger partial charge on any atom is 0.241 e. The van der Waals surface area contributed by atoms with Crippen molar-refractivity contribution >= 4 is 35.2 Å². The third-order valence-corrected chi connectivity index (χ3v) is 5.65. The van der Waals surface area contributed by atoms with Crippen molar-refractivity contribution in [2.75, 3.05) is 5.32 Å². The minimum atomic E-state index is -0.494. The average Bonchev–Trinajstić information content (AvgIpc) is 2.61. The van der Waals surface area contributed by atoms with Gasteiger partial charge in [-0.25, -0.2) is 0 Å². The molecule has 1 aromatic carbocycles. The molecule has 0 radical (unpaired) electrons. The lowest BCUT2D eigenvalue weighted by molar-refractivity contribution is -0.132. The zero-order valence-electron chi connectivity index (χ0n) is 13.3. The molecule has 1 aliphatic heterocycles. The molecule has 0 spiro atoms. The molecule has 1 fully saturated rings. The van der Waals surface area contributed by atoms with E-state index in [0.717, 1.165) is 36.3 Å². The summed E-state index contributed by atoms with van der Waals surface area (Å²) >= 11 is 1.37. The van der Waals surface area contributed by atoms with Crippen molar-refractivity contribution in [3.63, 3.8) is 0 Å². The molecular formula is C17H21N3O3S. The quantitative estimate of drug-likeness (QED) is 0.732. The van der Waals surface area contributed by atoms with Crippen LogP contribution in [-0.4, -0.2) is 23.0 Å². The van der Waals surface area contributed by atoms with E-state index in [9.17, 15) is 14.4 Å². The standard InChI is InChI=1S/C17H21N3O3S/c21-15(19-20-16(22)11-6-2-1-3-7-11)10-14-17(23)18-12-8-4-5-9-13(12)24-14/h4-5,8-9,11,14H,1-3,6-7,10H2,(H,18,23)(H,19,21)(H,20,22)/t14-/m1/s1. The Morgan fingerprint density at radius 1 is 1.12 bits per heavy atom. The van der Waals surface area contributed by atoms with Crippen molar-refractivity contribution in [1.82, 2.24) is 10.9 Å². The zero-order chi connectivity index (χ0) is 16.9. The van der Waals surface area contributed by atoms with E-state index in [1.807, 2.05) is 24.3 Å². The zero-order valence-corrected chi connectivity index (χ0v) is 14.2. The van der Waals surface area contributed by atoms with E-state index in [4.69, 9.17) is 0 Å². The minimum absolute atomic E-state index is 0.0155. The summed E-state index contributed by atoms with van der Waals surface area (Å²) in [7, 11) is 0. The van der Waals surface area contributed by atoms with Crippen LogP contribution in [0.3, 0.4) is 0 Å². The number of carbonyl (C=O) groups is 3. The van der Waals surface area contributed by atoms with Crippen LogP contribution in [0.25, 0.3) is 0 Å². The maximum absolute atomic E-state index is 12.1. The summed E-state index contributed by atoms with van der Waals surface area (Å²) in [6.45, 7) is 0. The minimum Gasteiger partial charge on any atom is -0.324 e. The molecule has 24 heavy (non-hydrogen) atoms. The largest absolute Gasteiger partial charge is 0.324 e. The summed E-state index contributed by atoms with van der Waals surface area (Å²) in [4.78, 5) is 37.1. The number of rotatable bonds is 3. The molecule has 3 N–H and O–H groups in total. The molecule has 1 atom stereocenters. The molecule has 0 saturated heterocycles. The molecule has 0 aromatic heterocycles. The van der Waals surface area contributed by atoms with Crippen molar-refractivity contribution in [2.24, 2.45) is 5.92 Å². The van der Waals surface area contributed by atoms with Gasteiger partial charge in [-0.1, -0.05) is 31.4 Å². The summed E-state index contributed by atoms with van der Waals surface area (Å²) in [6.07, 6.45) is 5.06. The second kappa shape index (κ2) is 7.70. The summed E-state index contributed by atoms with van der Waals surface area (Å²) in [5.74, 6) is -0.689. The van der Waals surface area contributed by atoms with Gasteiger partial charge in [0.25, 0.3) is 0 Å². The number of hydrogen-bond donors (Lipinski definition) is 3. The fourth-order valence-corrected chi connectivity index (χ4v) is 4.15. The number of fused-ring (bicyclic) bond motifs is 1. The van der Waals surface area contributed by atoms with Crippen LogP contribution in [0.15, 0.2) is 29.2 Å². The fraction of sp³-hybridized carbons (Fsp3) is 0.471. The summed E-state index contributed by atoms with van der Waals surface area (Å²) in [5.41, 5.74) is 5.71. The number of carbonyl (C=O) groups excluding carboxylic acids is 3. The number of nitrogens with one attached hydrogen (secondary N) is 3. The highest BCUT2D eigenvalue weighted by molar-refractivity contribution is 8.01. The summed E-state index contributed by atoms with van der Waals surface area (Å²) < 4.78 is 0. The van der Waals surface area contributed by atoms with Crippen LogP contribution in [0.1, 0.15) is 38.5 Å². The van der Waals surface area contributed by atoms with Gasteiger partial charge in [-0.3, -0.25) is 25.2 Å². The van der Waals surface area contributed by atoms with Crippen molar-refractivity contribution in [3.05, 3.63) is 24.3 Å². The molecule has 128 valence electrons. The van der Waals surface area contributed by atoms with Crippen molar-refractivity contribution < 1.29 is 14.4 Å². The van der Waals surface area contributed by atoms with Gasteiger partial charge >= 0.3 is 0 Å². The van der Waals surface area contributed by atoms with Crippen LogP contribution in [0.4, 0.5) is 5.69 Å². The monoisotopic (exact) mass is 347 g/mol. The van der Waals surface area contributed by atoms with E-state index in [1.54, 1.807) is 0 Å². The van der Waals surface area contributed by atoms with Crippen LogP contribution >= 0.6 is 11.8 Å². The van der Waals surface area contributed by atoms with Gasteiger partial charge in [-0.15, -0.1) is 11.8 Å². The topological polar surface area (TPSA) is 87.3 Å². The van der Waals surface area contributed by atoms with Crippen molar-refractivity contribution in [3.8, 4) is 0 Å². The number of hydrogen-bond acceptors (Lipinski definition) is 4. The van der Waals surface area contributed by atoms with Gasteiger partial charge in [0.05, 0.1) is 10.9 Å². The first-order valence-corrected chi connectivity index (χ1v) is 9.16. The first kappa shape index (κ1) is 16.8. The van der Waals surface area contributed by atoms with Crippen LogP contribution < -0.4 is 16.2 Å². The number of hydrazine groups is 1. The Morgan fingerprint density at radius 2 is 1.88 bits per heavy atom. The lowest BCUT2D eigenvalue weighted by atomic mass is 9.89. The van der Waals surface area contributed by atoms with Gasteiger partial charge in [0.1, 0.15) is 0 Å². The Balaban J connectivity index is 1.48. The molecule has 1 heterocycles. The van der Waals surface area contributed by atoms with Crippen LogP contribution in [0, 0.1) is 5.92 Å². The highest BCUT2D eigenvalue weighted by atomic mass is 32.2. The van der Waals surface area contributed by atoms with Gasteiger partial charge < -0.3 is 5.32 Å². The fourth-order valence-electron chi connectivity index (χ4n) is 3.04. The van der Waals surface area contributed by atoms with E-state index in [1.165, 1.54) is 18.2 Å². The highest BCUT2D eigenvalue weighted by Crippen LogP contribution is 2.36. The molecule has 0 bridgehead atoms. The maximum atomic E-state index is 12.1. The number of amides is 3. The molecule has 1 aromatic rings. The van der Waals surface area contributed by atoms with E-state index in [-0.39, 0.29) is 30.1 Å². The average molecular weight is 347 g/mol. The number of benzene rings is 1. The molecule has 1 saturated carbocycles. The SMILES string of the molecule is O=C(C[C@H]1Sc2ccccc2NC1=O)NNC(=O)C1CCCCC1. The molecule has 1 aliphatic carbocycles. The lowest BCUT2D eigenvalue weighted by Crippen LogP contribution is -2.46. The molecular weight excluding hydrogens is 326 g/mol. The van der Waals surface area contributed by atoms with E-state index in [2.05, 4.69) is 16.2 Å². The molecule has 0 unspecified atom stereocenters. The van der Waals surface area contributed by atoms with E-state index >= 15 is 0 Å².